The Kier molecular flexibility index (Phi) is 6.09. The molecule has 3 rings (SSSR count). The Hall–Kier alpha value is -3.15. The van der Waals surface area contributed by atoms with Gasteiger partial charge in [0.2, 0.25) is 5.75 Å². The summed E-state index contributed by atoms with van der Waals surface area (Å²) in [6, 6.07) is 8.77. The van der Waals surface area contributed by atoms with Gasteiger partial charge in [-0.15, -0.1) is 0 Å². The Morgan fingerprint density at radius 1 is 1.14 bits per heavy atom. The second-order valence-corrected chi connectivity index (χ2v) is 6.42. The number of hydrogen-bond donors (Lipinski definition) is 1. The number of carbonyl (C=O) groups is 1. The van der Waals surface area contributed by atoms with E-state index in [-0.39, 0.29) is 5.78 Å². The number of hydrogen-bond acceptors (Lipinski definition) is 6. The maximum Gasteiger partial charge on any atom is 0.204 e. The zero-order valence-electron chi connectivity index (χ0n) is 16.4. The Labute approximate surface area is 164 Å². The van der Waals surface area contributed by atoms with E-state index in [1.807, 2.05) is 25.1 Å². The van der Waals surface area contributed by atoms with Crippen LogP contribution in [0.3, 0.4) is 0 Å². The SMILES string of the molecule is CCC/C(=C\c1ccc2c(c1OC)OCCO2)C(=O)c1ccc(N)c(OC)c1. The number of methoxy groups -OCH3 is 2. The molecule has 0 amide bonds. The third-order valence-corrected chi connectivity index (χ3v) is 4.53. The maximum atomic E-state index is 13.1. The zero-order chi connectivity index (χ0) is 20.1. The molecule has 0 saturated carbocycles. The van der Waals surface area contributed by atoms with Gasteiger partial charge in [0.05, 0.1) is 19.9 Å². The summed E-state index contributed by atoms with van der Waals surface area (Å²) in [5.74, 6) is 2.19. The number of benzene rings is 2. The number of allylic oxidation sites excluding steroid dienone is 1. The summed E-state index contributed by atoms with van der Waals surface area (Å²) in [5.41, 5.74) is 8.33. The van der Waals surface area contributed by atoms with Crippen LogP contribution in [-0.2, 0) is 0 Å². The Morgan fingerprint density at radius 3 is 2.64 bits per heavy atom. The molecule has 0 fully saturated rings. The summed E-state index contributed by atoms with van der Waals surface area (Å²) < 4.78 is 22.1. The quantitative estimate of drug-likeness (QED) is 0.440. The first-order chi connectivity index (χ1) is 13.6. The molecular weight excluding hydrogens is 358 g/mol. The van der Waals surface area contributed by atoms with Crippen molar-refractivity contribution in [1.82, 2.24) is 0 Å². The van der Waals surface area contributed by atoms with Crippen molar-refractivity contribution in [2.24, 2.45) is 0 Å². The highest BCUT2D eigenvalue weighted by atomic mass is 16.6. The minimum Gasteiger partial charge on any atom is -0.495 e. The smallest absolute Gasteiger partial charge is 0.204 e. The number of Topliss-reactive ketones (excluding diaryl/α,β-unsaturated/α-hetero) is 1. The van der Waals surface area contributed by atoms with E-state index in [1.165, 1.54) is 7.11 Å². The van der Waals surface area contributed by atoms with Gasteiger partial charge in [-0.3, -0.25) is 4.79 Å². The van der Waals surface area contributed by atoms with Crippen LogP contribution in [0.1, 0.15) is 35.7 Å². The molecule has 28 heavy (non-hydrogen) atoms. The molecule has 1 aliphatic heterocycles. The van der Waals surface area contributed by atoms with Crippen LogP contribution in [0.25, 0.3) is 6.08 Å². The monoisotopic (exact) mass is 383 g/mol. The van der Waals surface area contributed by atoms with Crippen molar-refractivity contribution < 1.29 is 23.7 Å². The highest BCUT2D eigenvalue weighted by Crippen LogP contribution is 2.42. The minimum atomic E-state index is -0.0721. The topological polar surface area (TPSA) is 80.0 Å². The fourth-order valence-electron chi connectivity index (χ4n) is 3.18. The predicted molar refractivity (Wildman–Crippen MR) is 109 cm³/mol. The second-order valence-electron chi connectivity index (χ2n) is 6.42. The number of nitrogens with two attached hydrogens (primary N) is 1. The molecule has 0 unspecified atom stereocenters. The Morgan fingerprint density at radius 2 is 1.93 bits per heavy atom. The first-order valence-corrected chi connectivity index (χ1v) is 9.24. The number of fused-ring (bicyclic) bond motifs is 1. The van der Waals surface area contributed by atoms with Crippen molar-refractivity contribution in [3.8, 4) is 23.0 Å². The number of anilines is 1. The van der Waals surface area contributed by atoms with Crippen molar-refractivity contribution in [2.45, 2.75) is 19.8 Å². The van der Waals surface area contributed by atoms with Gasteiger partial charge in [0.25, 0.3) is 0 Å². The molecule has 0 aromatic heterocycles. The Bertz CT molecular complexity index is 904. The van der Waals surface area contributed by atoms with E-state index in [0.717, 1.165) is 12.0 Å². The van der Waals surface area contributed by atoms with E-state index in [9.17, 15) is 4.79 Å². The summed E-state index contributed by atoms with van der Waals surface area (Å²) >= 11 is 0. The molecule has 0 radical (unpaired) electrons. The molecule has 148 valence electrons. The molecule has 0 bridgehead atoms. The van der Waals surface area contributed by atoms with Crippen LogP contribution >= 0.6 is 0 Å². The van der Waals surface area contributed by atoms with E-state index in [1.54, 1.807) is 25.3 Å². The van der Waals surface area contributed by atoms with E-state index < -0.39 is 0 Å². The van der Waals surface area contributed by atoms with Crippen molar-refractivity contribution >= 4 is 17.5 Å². The predicted octanol–water partition coefficient (Wildman–Crippen LogP) is 4.12. The highest BCUT2D eigenvalue weighted by molar-refractivity contribution is 6.11. The largest absolute Gasteiger partial charge is 0.495 e. The second kappa shape index (κ2) is 8.69. The summed E-state index contributed by atoms with van der Waals surface area (Å²) in [6.07, 6.45) is 3.31. The molecular formula is C22H25NO5. The van der Waals surface area contributed by atoms with Crippen LogP contribution in [0.4, 0.5) is 5.69 Å². The van der Waals surface area contributed by atoms with Gasteiger partial charge in [-0.25, -0.2) is 0 Å². The van der Waals surface area contributed by atoms with Gasteiger partial charge < -0.3 is 24.7 Å². The minimum absolute atomic E-state index is 0.0721. The van der Waals surface area contributed by atoms with Crippen LogP contribution < -0.4 is 24.7 Å². The molecule has 1 heterocycles. The third-order valence-electron chi connectivity index (χ3n) is 4.53. The van der Waals surface area contributed by atoms with Crippen LogP contribution in [0, 0.1) is 0 Å². The highest BCUT2D eigenvalue weighted by Gasteiger charge is 2.21. The number of ketones is 1. The average Bonchev–Trinajstić information content (AvgIpc) is 2.73. The molecule has 0 atom stereocenters. The molecule has 2 N–H and O–H groups in total. The van der Waals surface area contributed by atoms with Gasteiger partial charge in [0.15, 0.2) is 17.3 Å². The lowest BCUT2D eigenvalue weighted by atomic mass is 9.96. The zero-order valence-corrected chi connectivity index (χ0v) is 16.4. The lowest BCUT2D eigenvalue weighted by Crippen LogP contribution is -2.16. The van der Waals surface area contributed by atoms with Gasteiger partial charge in [0.1, 0.15) is 19.0 Å². The molecule has 2 aromatic rings. The van der Waals surface area contributed by atoms with Gasteiger partial charge in [-0.2, -0.15) is 0 Å². The summed E-state index contributed by atoms with van der Waals surface area (Å²) in [6.45, 7) is 3.00. The lowest BCUT2D eigenvalue weighted by molar-refractivity contribution is 0.103. The van der Waals surface area contributed by atoms with E-state index in [0.29, 0.717) is 59.5 Å². The molecule has 6 heteroatoms. The van der Waals surface area contributed by atoms with Crippen molar-refractivity contribution in [1.29, 1.82) is 0 Å². The van der Waals surface area contributed by atoms with Crippen LogP contribution in [0.5, 0.6) is 23.0 Å². The molecule has 1 aliphatic rings. The van der Waals surface area contributed by atoms with E-state index in [2.05, 4.69) is 0 Å². The van der Waals surface area contributed by atoms with Gasteiger partial charge in [0, 0.05) is 16.7 Å². The van der Waals surface area contributed by atoms with Crippen molar-refractivity contribution in [3.63, 3.8) is 0 Å². The molecule has 0 aliphatic carbocycles. The first kappa shape index (κ1) is 19.6. The van der Waals surface area contributed by atoms with E-state index in [4.69, 9.17) is 24.7 Å². The average molecular weight is 383 g/mol. The molecule has 0 saturated heterocycles. The Balaban J connectivity index is 2.02. The standard InChI is InChI=1S/C22H25NO5/c1-4-5-14(20(24)15-6-8-17(23)19(13-15)25-2)12-16-7-9-18-22(21(16)26-3)28-11-10-27-18/h6-9,12-13H,4-5,10-11,23H2,1-3H3/b14-12+. The summed E-state index contributed by atoms with van der Waals surface area (Å²) in [7, 11) is 3.11. The van der Waals surface area contributed by atoms with Gasteiger partial charge in [-0.05, 0) is 42.8 Å². The van der Waals surface area contributed by atoms with Gasteiger partial charge in [-0.1, -0.05) is 13.3 Å². The van der Waals surface area contributed by atoms with Crippen LogP contribution in [0.15, 0.2) is 35.9 Å². The van der Waals surface area contributed by atoms with Crippen molar-refractivity contribution in [3.05, 3.63) is 47.0 Å². The molecule has 0 spiro atoms. The number of rotatable bonds is 7. The summed E-state index contributed by atoms with van der Waals surface area (Å²) in [4.78, 5) is 13.1. The summed E-state index contributed by atoms with van der Waals surface area (Å²) in [5, 5.41) is 0. The number of ether oxygens (including phenoxy) is 4. The van der Waals surface area contributed by atoms with Crippen molar-refractivity contribution in [2.75, 3.05) is 33.2 Å². The fraction of sp³-hybridized carbons (Fsp3) is 0.318. The molecule has 2 aromatic carbocycles. The van der Waals surface area contributed by atoms with E-state index >= 15 is 0 Å². The molecule has 6 nitrogen and oxygen atoms in total. The first-order valence-electron chi connectivity index (χ1n) is 9.24. The van der Waals surface area contributed by atoms with Crippen LogP contribution in [-0.4, -0.2) is 33.2 Å². The van der Waals surface area contributed by atoms with Gasteiger partial charge >= 0.3 is 0 Å². The van der Waals surface area contributed by atoms with Crippen LogP contribution in [0.2, 0.25) is 0 Å². The maximum absolute atomic E-state index is 13.1. The lowest BCUT2D eigenvalue weighted by Gasteiger charge is -2.21. The number of nitrogen functional groups attached to an aromatic ring is 1. The normalized spacial score (nSPS) is 13.2. The fourth-order valence-corrected chi connectivity index (χ4v) is 3.18. The number of carbonyl (C=O) groups excluding carboxylic acids is 1. The third kappa shape index (κ3) is 3.91.